The summed E-state index contributed by atoms with van der Waals surface area (Å²) in [5.41, 5.74) is 4.95. The number of rotatable bonds is 9. The standard InChI is InChI=1S/C27H30BrN3O2/c1-18(2)9-5-4-6-10-20-17-24(31-29-22-11-7-8-12-23(22)30-31)27(32)25(26(20)28)19-13-15-21(33-3)16-14-19/h7-8,11-18,32H,4-6,9-10H2,1-3H3. The number of aromatic hydroxyl groups is 1. The molecule has 1 N–H and O–H groups in total. The Balaban J connectivity index is 1.76. The number of aromatic nitrogens is 3. The van der Waals surface area contributed by atoms with E-state index in [2.05, 4.69) is 40.0 Å². The van der Waals surface area contributed by atoms with Gasteiger partial charge < -0.3 is 9.84 Å². The van der Waals surface area contributed by atoms with Crippen molar-refractivity contribution in [2.45, 2.75) is 46.0 Å². The third-order valence-electron chi connectivity index (χ3n) is 5.90. The van der Waals surface area contributed by atoms with Crippen molar-refractivity contribution >= 4 is 27.0 Å². The van der Waals surface area contributed by atoms with Gasteiger partial charge in [0.1, 0.15) is 22.5 Å². The van der Waals surface area contributed by atoms with Crippen LogP contribution in [0.3, 0.4) is 0 Å². The molecule has 0 fully saturated rings. The number of ether oxygens (including phenoxy) is 1. The molecule has 172 valence electrons. The summed E-state index contributed by atoms with van der Waals surface area (Å²) in [6.07, 6.45) is 5.67. The molecule has 0 radical (unpaired) electrons. The van der Waals surface area contributed by atoms with Crippen molar-refractivity contribution in [1.29, 1.82) is 0 Å². The Morgan fingerprint density at radius 1 is 0.970 bits per heavy atom. The minimum Gasteiger partial charge on any atom is -0.505 e. The van der Waals surface area contributed by atoms with E-state index in [9.17, 15) is 5.11 Å². The minimum absolute atomic E-state index is 0.149. The Bertz CT molecular complexity index is 1200. The molecule has 33 heavy (non-hydrogen) atoms. The number of fused-ring (bicyclic) bond motifs is 1. The first-order valence-corrected chi connectivity index (χ1v) is 12.3. The molecular formula is C27H30BrN3O2. The van der Waals surface area contributed by atoms with Gasteiger partial charge in [-0.2, -0.15) is 0 Å². The normalized spacial score (nSPS) is 11.4. The average Bonchev–Trinajstić information content (AvgIpc) is 3.24. The first-order chi connectivity index (χ1) is 16.0. The van der Waals surface area contributed by atoms with E-state index in [1.807, 2.05) is 54.6 Å². The number of benzene rings is 3. The molecule has 0 spiro atoms. The molecule has 0 saturated carbocycles. The van der Waals surface area contributed by atoms with Crippen molar-refractivity contribution in [3.05, 3.63) is 64.6 Å². The number of halogens is 1. The number of phenolic OH excluding ortho intramolecular Hbond substituents is 1. The van der Waals surface area contributed by atoms with E-state index in [4.69, 9.17) is 4.74 Å². The van der Waals surface area contributed by atoms with E-state index < -0.39 is 0 Å². The molecule has 0 saturated heterocycles. The molecule has 4 aromatic rings. The molecule has 0 aliphatic carbocycles. The number of unbranched alkanes of at least 4 members (excludes halogenated alkanes) is 2. The number of hydrogen-bond acceptors (Lipinski definition) is 4. The van der Waals surface area contributed by atoms with E-state index in [0.717, 1.165) is 56.7 Å². The molecule has 3 aromatic carbocycles. The number of nitrogens with zero attached hydrogens (tertiary/aromatic N) is 3. The van der Waals surface area contributed by atoms with Gasteiger partial charge in [-0.3, -0.25) is 0 Å². The summed E-state index contributed by atoms with van der Waals surface area (Å²) in [4.78, 5) is 1.54. The molecule has 0 aliphatic heterocycles. The van der Waals surface area contributed by atoms with Crippen LogP contribution in [-0.2, 0) is 6.42 Å². The van der Waals surface area contributed by atoms with Crippen LogP contribution in [-0.4, -0.2) is 27.2 Å². The van der Waals surface area contributed by atoms with Gasteiger partial charge >= 0.3 is 0 Å². The Morgan fingerprint density at radius 3 is 2.24 bits per heavy atom. The highest BCUT2D eigenvalue weighted by molar-refractivity contribution is 9.10. The Hall–Kier alpha value is -2.86. The van der Waals surface area contributed by atoms with Crippen molar-refractivity contribution in [2.75, 3.05) is 7.11 Å². The Labute approximate surface area is 203 Å². The third-order valence-corrected chi connectivity index (χ3v) is 6.81. The van der Waals surface area contributed by atoms with Crippen molar-refractivity contribution < 1.29 is 9.84 Å². The van der Waals surface area contributed by atoms with Crippen molar-refractivity contribution in [3.63, 3.8) is 0 Å². The molecule has 5 nitrogen and oxygen atoms in total. The first-order valence-electron chi connectivity index (χ1n) is 11.5. The monoisotopic (exact) mass is 507 g/mol. The summed E-state index contributed by atoms with van der Waals surface area (Å²) in [7, 11) is 1.65. The van der Waals surface area contributed by atoms with Gasteiger partial charge in [0.05, 0.1) is 7.11 Å². The summed E-state index contributed by atoms with van der Waals surface area (Å²) >= 11 is 3.80. The lowest BCUT2D eigenvalue weighted by Gasteiger charge is -2.16. The van der Waals surface area contributed by atoms with Gasteiger partial charge in [-0.05, 0) is 76.1 Å². The third kappa shape index (κ3) is 5.22. The van der Waals surface area contributed by atoms with Crippen LogP contribution in [0, 0.1) is 5.92 Å². The van der Waals surface area contributed by atoms with E-state index in [1.165, 1.54) is 19.3 Å². The smallest absolute Gasteiger partial charge is 0.152 e. The number of methoxy groups -OCH3 is 1. The second-order valence-electron chi connectivity index (χ2n) is 8.79. The first kappa shape index (κ1) is 23.3. The highest BCUT2D eigenvalue weighted by Gasteiger charge is 2.20. The van der Waals surface area contributed by atoms with Gasteiger partial charge in [0, 0.05) is 10.0 Å². The maximum absolute atomic E-state index is 11.4. The van der Waals surface area contributed by atoms with E-state index in [-0.39, 0.29) is 5.75 Å². The number of aryl methyl sites for hydroxylation is 1. The zero-order valence-corrected chi connectivity index (χ0v) is 21.0. The fraction of sp³-hybridized carbons (Fsp3) is 0.333. The summed E-state index contributed by atoms with van der Waals surface area (Å²) in [6, 6.07) is 17.5. The Morgan fingerprint density at radius 2 is 1.64 bits per heavy atom. The predicted octanol–water partition coefficient (Wildman–Crippen LogP) is 7.32. The van der Waals surface area contributed by atoms with Crippen molar-refractivity contribution in [2.24, 2.45) is 5.92 Å². The highest BCUT2D eigenvalue weighted by Crippen LogP contribution is 2.43. The fourth-order valence-corrected chi connectivity index (χ4v) is 4.79. The van der Waals surface area contributed by atoms with Crippen LogP contribution in [0.4, 0.5) is 0 Å². The second-order valence-corrected chi connectivity index (χ2v) is 9.59. The molecule has 0 unspecified atom stereocenters. The van der Waals surface area contributed by atoms with Gasteiger partial charge in [0.25, 0.3) is 0 Å². The van der Waals surface area contributed by atoms with Crippen LogP contribution < -0.4 is 4.74 Å². The zero-order chi connectivity index (χ0) is 23.4. The van der Waals surface area contributed by atoms with Crippen LogP contribution in [0.15, 0.2) is 59.1 Å². The molecule has 1 aromatic heterocycles. The zero-order valence-electron chi connectivity index (χ0n) is 19.4. The van der Waals surface area contributed by atoms with Gasteiger partial charge in [-0.25, -0.2) is 0 Å². The van der Waals surface area contributed by atoms with Crippen LogP contribution in [0.2, 0.25) is 0 Å². The SMILES string of the molecule is COc1ccc(-c2c(O)c(-n3nc4ccccc4n3)cc(CCCCCC(C)C)c2Br)cc1. The van der Waals surface area contributed by atoms with E-state index in [0.29, 0.717) is 5.69 Å². The Kier molecular flexibility index (Phi) is 7.33. The molecule has 0 aliphatic rings. The number of hydrogen-bond donors (Lipinski definition) is 1. The second kappa shape index (κ2) is 10.4. The maximum atomic E-state index is 11.4. The van der Waals surface area contributed by atoms with Crippen LogP contribution in [0.5, 0.6) is 11.5 Å². The lowest BCUT2D eigenvalue weighted by Crippen LogP contribution is -2.03. The van der Waals surface area contributed by atoms with E-state index >= 15 is 0 Å². The van der Waals surface area contributed by atoms with Gasteiger partial charge in [0.2, 0.25) is 0 Å². The van der Waals surface area contributed by atoms with Gasteiger partial charge in [0.15, 0.2) is 5.75 Å². The van der Waals surface area contributed by atoms with Crippen molar-refractivity contribution in [3.8, 4) is 28.3 Å². The van der Waals surface area contributed by atoms with Gasteiger partial charge in [-0.1, -0.05) is 57.4 Å². The van der Waals surface area contributed by atoms with Crippen molar-refractivity contribution in [1.82, 2.24) is 15.0 Å². The predicted molar refractivity (Wildman–Crippen MR) is 137 cm³/mol. The molecule has 0 atom stereocenters. The topological polar surface area (TPSA) is 60.2 Å². The molecule has 4 rings (SSSR count). The van der Waals surface area contributed by atoms with Crippen LogP contribution >= 0.6 is 15.9 Å². The lowest BCUT2D eigenvalue weighted by atomic mass is 9.97. The molecule has 1 heterocycles. The average molecular weight is 508 g/mol. The lowest BCUT2D eigenvalue weighted by molar-refractivity contribution is 0.415. The largest absolute Gasteiger partial charge is 0.505 e. The fourth-order valence-electron chi connectivity index (χ4n) is 4.06. The van der Waals surface area contributed by atoms with E-state index in [1.54, 1.807) is 11.9 Å². The molecular weight excluding hydrogens is 478 g/mol. The summed E-state index contributed by atoms with van der Waals surface area (Å²) in [5.74, 6) is 1.66. The molecule has 0 bridgehead atoms. The number of phenols is 1. The van der Waals surface area contributed by atoms with Crippen LogP contribution in [0.1, 0.15) is 45.1 Å². The quantitative estimate of drug-likeness (QED) is 0.241. The molecule has 6 heteroatoms. The molecule has 0 amide bonds. The summed E-state index contributed by atoms with van der Waals surface area (Å²) in [6.45, 7) is 4.54. The van der Waals surface area contributed by atoms with Gasteiger partial charge in [-0.15, -0.1) is 15.0 Å². The van der Waals surface area contributed by atoms with Crippen LogP contribution in [0.25, 0.3) is 27.8 Å². The summed E-state index contributed by atoms with van der Waals surface area (Å²) in [5, 5.41) is 20.6. The minimum atomic E-state index is 0.149. The summed E-state index contributed by atoms with van der Waals surface area (Å²) < 4.78 is 6.22. The highest BCUT2D eigenvalue weighted by atomic mass is 79.9. The maximum Gasteiger partial charge on any atom is 0.152 e.